The fourth-order valence-electron chi connectivity index (χ4n) is 2.01. The zero-order valence-corrected chi connectivity index (χ0v) is 11.5. The van der Waals surface area contributed by atoms with Crippen LogP contribution in [0.15, 0.2) is 18.3 Å². The van der Waals surface area contributed by atoms with Crippen molar-refractivity contribution in [1.82, 2.24) is 10.3 Å². The zero-order chi connectivity index (χ0) is 13.9. The van der Waals surface area contributed by atoms with Crippen LogP contribution in [0.5, 0.6) is 0 Å². The van der Waals surface area contributed by atoms with E-state index in [-0.39, 0.29) is 23.5 Å². The number of hydrogen-bond donors (Lipinski definition) is 2. The molecule has 1 atom stereocenters. The van der Waals surface area contributed by atoms with Gasteiger partial charge in [0.2, 0.25) is 0 Å². The van der Waals surface area contributed by atoms with Gasteiger partial charge in [-0.2, -0.15) is 0 Å². The molecule has 2 heterocycles. The molecule has 1 aromatic heterocycles. The van der Waals surface area contributed by atoms with Crippen LogP contribution in [0.3, 0.4) is 0 Å². The summed E-state index contributed by atoms with van der Waals surface area (Å²) < 4.78 is 22.6. The molecule has 1 saturated heterocycles. The van der Waals surface area contributed by atoms with Gasteiger partial charge in [-0.3, -0.25) is 4.79 Å². The van der Waals surface area contributed by atoms with Crippen LogP contribution in [0.1, 0.15) is 23.8 Å². The number of anilines is 1. The van der Waals surface area contributed by atoms with Gasteiger partial charge in [-0.25, -0.2) is 13.4 Å². The number of rotatable bonds is 4. The van der Waals surface area contributed by atoms with Crippen LogP contribution < -0.4 is 10.6 Å². The van der Waals surface area contributed by atoms with Crippen molar-refractivity contribution in [3.63, 3.8) is 0 Å². The Morgan fingerprint density at radius 2 is 2.26 bits per heavy atom. The van der Waals surface area contributed by atoms with Gasteiger partial charge in [-0.15, -0.1) is 0 Å². The highest BCUT2D eigenvalue weighted by molar-refractivity contribution is 7.91. The maximum atomic E-state index is 11.9. The predicted molar refractivity (Wildman–Crippen MR) is 72.9 cm³/mol. The highest BCUT2D eigenvalue weighted by Crippen LogP contribution is 2.12. The number of sulfone groups is 1. The Morgan fingerprint density at radius 3 is 2.79 bits per heavy atom. The number of aromatic nitrogens is 1. The van der Waals surface area contributed by atoms with Crippen molar-refractivity contribution in [3.05, 3.63) is 24.0 Å². The third kappa shape index (κ3) is 3.66. The summed E-state index contributed by atoms with van der Waals surface area (Å²) in [5, 5.41) is 5.79. The van der Waals surface area contributed by atoms with E-state index in [0.717, 1.165) is 12.2 Å². The average Bonchev–Trinajstić information content (AvgIpc) is 2.70. The molecule has 1 amide bonds. The lowest BCUT2D eigenvalue weighted by Gasteiger charge is -2.10. The van der Waals surface area contributed by atoms with Crippen molar-refractivity contribution >= 4 is 21.4 Å². The topological polar surface area (TPSA) is 88.2 Å². The van der Waals surface area contributed by atoms with E-state index in [1.54, 1.807) is 18.3 Å². The van der Waals surface area contributed by atoms with E-state index in [2.05, 4.69) is 15.6 Å². The first-order chi connectivity index (χ1) is 9.00. The SMILES string of the molecule is CCNc1ccc(C(=O)NC2CCS(=O)(=O)C2)nc1. The quantitative estimate of drug-likeness (QED) is 0.836. The number of carbonyl (C=O) groups excluding carboxylic acids is 1. The van der Waals surface area contributed by atoms with E-state index in [0.29, 0.717) is 12.1 Å². The lowest BCUT2D eigenvalue weighted by molar-refractivity contribution is 0.0936. The molecule has 1 fully saturated rings. The first-order valence-electron chi connectivity index (χ1n) is 6.21. The summed E-state index contributed by atoms with van der Waals surface area (Å²) >= 11 is 0. The van der Waals surface area contributed by atoms with Crippen LogP contribution in [-0.4, -0.2) is 43.4 Å². The van der Waals surface area contributed by atoms with Gasteiger partial charge in [-0.1, -0.05) is 0 Å². The van der Waals surface area contributed by atoms with Crippen molar-refractivity contribution in [3.8, 4) is 0 Å². The number of pyridine rings is 1. The van der Waals surface area contributed by atoms with Crippen molar-refractivity contribution in [2.45, 2.75) is 19.4 Å². The molecule has 0 radical (unpaired) electrons. The normalized spacial score (nSPS) is 21.0. The van der Waals surface area contributed by atoms with Crippen molar-refractivity contribution in [2.24, 2.45) is 0 Å². The standard InChI is InChI=1S/C12H17N3O3S/c1-2-13-9-3-4-11(14-7-9)12(16)15-10-5-6-19(17,18)8-10/h3-4,7,10,13H,2,5-6,8H2,1H3,(H,15,16). The summed E-state index contributed by atoms with van der Waals surface area (Å²) in [4.78, 5) is 15.9. The van der Waals surface area contributed by atoms with E-state index < -0.39 is 9.84 Å². The first kappa shape index (κ1) is 13.8. The van der Waals surface area contributed by atoms with Gasteiger partial charge >= 0.3 is 0 Å². The minimum atomic E-state index is -2.98. The molecule has 7 heteroatoms. The largest absolute Gasteiger partial charge is 0.384 e. The van der Waals surface area contributed by atoms with Crippen molar-refractivity contribution in [1.29, 1.82) is 0 Å². The number of nitrogens with one attached hydrogen (secondary N) is 2. The number of hydrogen-bond acceptors (Lipinski definition) is 5. The molecule has 2 rings (SSSR count). The van der Waals surface area contributed by atoms with Crippen LogP contribution >= 0.6 is 0 Å². The van der Waals surface area contributed by atoms with Crippen LogP contribution in [-0.2, 0) is 9.84 Å². The summed E-state index contributed by atoms with van der Waals surface area (Å²) in [5.74, 6) is -0.163. The van der Waals surface area contributed by atoms with Gasteiger partial charge in [-0.05, 0) is 25.5 Å². The molecule has 1 aliphatic heterocycles. The molecule has 1 aromatic rings. The van der Waals surface area contributed by atoms with Gasteiger partial charge in [0.1, 0.15) is 5.69 Å². The number of carbonyl (C=O) groups is 1. The molecule has 1 aliphatic rings. The number of amides is 1. The molecule has 104 valence electrons. The molecule has 6 nitrogen and oxygen atoms in total. The van der Waals surface area contributed by atoms with E-state index in [1.165, 1.54) is 0 Å². The van der Waals surface area contributed by atoms with Gasteiger partial charge in [0.25, 0.3) is 5.91 Å². The van der Waals surface area contributed by atoms with E-state index in [4.69, 9.17) is 0 Å². The predicted octanol–water partition coefficient (Wildman–Crippen LogP) is 0.430. The minimum Gasteiger partial charge on any atom is -0.384 e. The third-order valence-electron chi connectivity index (χ3n) is 2.94. The fraction of sp³-hybridized carbons (Fsp3) is 0.500. The fourth-order valence-corrected chi connectivity index (χ4v) is 3.68. The Kier molecular flexibility index (Phi) is 4.04. The molecule has 2 N–H and O–H groups in total. The second kappa shape index (κ2) is 5.56. The second-order valence-corrected chi connectivity index (χ2v) is 6.76. The summed E-state index contributed by atoms with van der Waals surface area (Å²) in [6.07, 6.45) is 2.06. The summed E-state index contributed by atoms with van der Waals surface area (Å²) in [6.45, 7) is 2.76. The van der Waals surface area contributed by atoms with E-state index in [1.807, 2.05) is 6.92 Å². The Hall–Kier alpha value is -1.63. The lowest BCUT2D eigenvalue weighted by atomic mass is 10.2. The smallest absolute Gasteiger partial charge is 0.270 e. The van der Waals surface area contributed by atoms with Gasteiger partial charge in [0, 0.05) is 12.6 Å². The molecule has 0 saturated carbocycles. The maximum Gasteiger partial charge on any atom is 0.270 e. The monoisotopic (exact) mass is 283 g/mol. The molecular weight excluding hydrogens is 266 g/mol. The summed E-state index contributed by atoms with van der Waals surface area (Å²) in [7, 11) is -2.98. The van der Waals surface area contributed by atoms with Crippen molar-refractivity contribution < 1.29 is 13.2 Å². The Balaban J connectivity index is 1.96. The van der Waals surface area contributed by atoms with E-state index in [9.17, 15) is 13.2 Å². The Morgan fingerprint density at radius 1 is 1.47 bits per heavy atom. The second-order valence-electron chi connectivity index (χ2n) is 4.54. The van der Waals surface area contributed by atoms with Crippen LogP contribution in [0, 0.1) is 0 Å². The van der Waals surface area contributed by atoms with Gasteiger partial charge in [0.05, 0.1) is 23.4 Å². The Labute approximate surface area is 112 Å². The summed E-state index contributed by atoms with van der Waals surface area (Å²) in [6, 6.07) is 3.10. The van der Waals surface area contributed by atoms with E-state index >= 15 is 0 Å². The third-order valence-corrected chi connectivity index (χ3v) is 4.71. The van der Waals surface area contributed by atoms with Crippen LogP contribution in [0.4, 0.5) is 5.69 Å². The number of nitrogens with zero attached hydrogens (tertiary/aromatic N) is 1. The highest BCUT2D eigenvalue weighted by atomic mass is 32.2. The van der Waals surface area contributed by atoms with Gasteiger partial charge < -0.3 is 10.6 Å². The molecular formula is C12H17N3O3S. The van der Waals surface area contributed by atoms with Crippen LogP contribution in [0.2, 0.25) is 0 Å². The molecule has 0 aromatic carbocycles. The average molecular weight is 283 g/mol. The maximum absolute atomic E-state index is 11.9. The molecule has 0 spiro atoms. The first-order valence-corrected chi connectivity index (χ1v) is 8.03. The van der Waals surface area contributed by atoms with Crippen LogP contribution in [0.25, 0.3) is 0 Å². The Bertz CT molecular complexity index is 554. The highest BCUT2D eigenvalue weighted by Gasteiger charge is 2.29. The molecule has 1 unspecified atom stereocenters. The minimum absolute atomic E-state index is 0.0220. The zero-order valence-electron chi connectivity index (χ0n) is 10.7. The summed E-state index contributed by atoms with van der Waals surface area (Å²) in [5.41, 5.74) is 1.15. The molecule has 19 heavy (non-hydrogen) atoms. The molecule has 0 aliphatic carbocycles. The van der Waals surface area contributed by atoms with Crippen molar-refractivity contribution in [2.75, 3.05) is 23.4 Å². The lowest BCUT2D eigenvalue weighted by Crippen LogP contribution is -2.36. The van der Waals surface area contributed by atoms with Gasteiger partial charge in [0.15, 0.2) is 9.84 Å². The molecule has 0 bridgehead atoms.